The summed E-state index contributed by atoms with van der Waals surface area (Å²) < 4.78 is 35.5. The third kappa shape index (κ3) is 3.68. The van der Waals surface area contributed by atoms with Gasteiger partial charge in [0.15, 0.2) is 11.6 Å². The van der Waals surface area contributed by atoms with Crippen molar-refractivity contribution in [3.8, 4) is 22.8 Å². The van der Waals surface area contributed by atoms with Crippen molar-refractivity contribution in [2.24, 2.45) is 7.05 Å². The molecule has 0 amide bonds. The van der Waals surface area contributed by atoms with Crippen molar-refractivity contribution >= 4 is 21.4 Å². The lowest BCUT2D eigenvalue weighted by Crippen LogP contribution is -2.16. The van der Waals surface area contributed by atoms with Gasteiger partial charge in [-0.05, 0) is 29.6 Å². The maximum absolute atomic E-state index is 14.2. The average Bonchev–Trinajstić information content (AvgIpc) is 3.23. The zero-order chi connectivity index (χ0) is 22.3. The van der Waals surface area contributed by atoms with Gasteiger partial charge in [0.05, 0.1) is 10.9 Å². The fraction of sp³-hybridized carbons (Fsp3) is 0.174. The highest BCUT2D eigenvalue weighted by Crippen LogP contribution is 2.40. The zero-order valence-corrected chi connectivity index (χ0v) is 17.8. The highest BCUT2D eigenvalue weighted by Gasteiger charge is 2.29. The van der Waals surface area contributed by atoms with Crippen LogP contribution in [-0.4, -0.2) is 9.55 Å². The van der Waals surface area contributed by atoms with E-state index in [2.05, 4.69) is 9.83 Å². The Balaban J connectivity index is 1.98. The van der Waals surface area contributed by atoms with Crippen LogP contribution in [0.1, 0.15) is 19.4 Å². The van der Waals surface area contributed by atoms with Crippen LogP contribution >= 0.6 is 11.3 Å². The fourth-order valence-electron chi connectivity index (χ4n) is 3.17. The number of hydrogen-bond acceptors (Lipinski definition) is 4. The van der Waals surface area contributed by atoms with Crippen LogP contribution in [0.5, 0.6) is 11.6 Å². The van der Waals surface area contributed by atoms with Crippen LogP contribution in [0, 0.1) is 18.2 Å². The predicted octanol–water partition coefficient (Wildman–Crippen LogP) is 5.89. The number of pyridine rings is 2. The fourth-order valence-corrected chi connectivity index (χ4v) is 4.08. The van der Waals surface area contributed by atoms with Gasteiger partial charge in [0, 0.05) is 55.2 Å². The monoisotopic (exact) mass is 437 g/mol. The zero-order valence-electron chi connectivity index (χ0n) is 16.9. The smallest absolute Gasteiger partial charge is 0.259 e. The molecule has 31 heavy (non-hydrogen) atoms. The number of rotatable bonds is 4. The third-order valence-electron chi connectivity index (χ3n) is 5.01. The lowest BCUT2D eigenvalue weighted by molar-refractivity contribution is 0.424. The number of thiophene rings is 1. The molecule has 0 saturated carbocycles. The third-order valence-corrected chi connectivity index (χ3v) is 5.96. The minimum absolute atomic E-state index is 0.0865. The average molecular weight is 437 g/mol. The summed E-state index contributed by atoms with van der Waals surface area (Å²) in [5.41, 5.74) is 0.817. The van der Waals surface area contributed by atoms with E-state index in [9.17, 15) is 13.6 Å². The lowest BCUT2D eigenvalue weighted by atomic mass is 9.94. The van der Waals surface area contributed by atoms with Crippen molar-refractivity contribution in [3.63, 3.8) is 0 Å². The minimum atomic E-state index is -0.861. The summed E-state index contributed by atoms with van der Waals surface area (Å²) in [6, 6.07) is 6.52. The molecule has 0 spiro atoms. The molecule has 8 heteroatoms. The van der Waals surface area contributed by atoms with Crippen molar-refractivity contribution < 1.29 is 13.5 Å². The molecule has 0 fully saturated rings. The molecule has 0 bridgehead atoms. The molecule has 156 valence electrons. The van der Waals surface area contributed by atoms with E-state index in [0.29, 0.717) is 22.1 Å². The number of halogens is 2. The molecular weight excluding hydrogens is 420 g/mol. The van der Waals surface area contributed by atoms with Crippen LogP contribution in [0.2, 0.25) is 0 Å². The summed E-state index contributed by atoms with van der Waals surface area (Å²) in [6.45, 7) is 11.0. The Morgan fingerprint density at radius 1 is 1.19 bits per heavy atom. The molecule has 3 aromatic heterocycles. The molecule has 0 aliphatic rings. The first kappa shape index (κ1) is 20.7. The second-order valence-corrected chi connectivity index (χ2v) is 8.46. The Labute approximate surface area is 181 Å². The lowest BCUT2D eigenvalue weighted by Gasteiger charge is -2.17. The van der Waals surface area contributed by atoms with Crippen LogP contribution < -0.4 is 10.3 Å². The van der Waals surface area contributed by atoms with Crippen LogP contribution in [-0.2, 0) is 12.6 Å². The number of aromatic nitrogens is 2. The number of fused-ring (bicyclic) bond motifs is 1. The quantitative estimate of drug-likeness (QED) is 0.374. The van der Waals surface area contributed by atoms with E-state index >= 15 is 0 Å². The number of aryl methyl sites for hydroxylation is 1. The van der Waals surface area contributed by atoms with Crippen molar-refractivity contribution in [1.82, 2.24) is 9.55 Å². The van der Waals surface area contributed by atoms with Crippen LogP contribution in [0.25, 0.3) is 26.1 Å². The van der Waals surface area contributed by atoms with Gasteiger partial charge in [-0.15, -0.1) is 11.3 Å². The number of hydrogen-bond donors (Lipinski definition) is 0. The van der Waals surface area contributed by atoms with Crippen molar-refractivity contribution in [3.05, 3.63) is 87.1 Å². The first-order valence-corrected chi connectivity index (χ1v) is 10.2. The Kier molecular flexibility index (Phi) is 5.07. The largest absolute Gasteiger partial charge is 0.435 e. The van der Waals surface area contributed by atoms with Crippen molar-refractivity contribution in [2.45, 2.75) is 19.4 Å². The molecule has 4 rings (SSSR count). The standard InChI is InChI=1S/C23H17F2N3O2S/c1-23(2,26-3)13-9-16(17-12-28(4)22(29)15-7-8-31-20(15)17)21(27-11-13)30-19-6-5-14(24)10-18(19)25/h5-12H,1-2,4H3. The van der Waals surface area contributed by atoms with Gasteiger partial charge < -0.3 is 14.1 Å². The summed E-state index contributed by atoms with van der Waals surface area (Å²) in [5, 5.41) is 2.36. The molecular formula is C23H17F2N3O2S. The Hall–Kier alpha value is -3.57. The van der Waals surface area contributed by atoms with Gasteiger partial charge >= 0.3 is 0 Å². The molecule has 4 aromatic rings. The molecule has 0 radical (unpaired) electrons. The Morgan fingerprint density at radius 3 is 2.68 bits per heavy atom. The first-order valence-electron chi connectivity index (χ1n) is 9.30. The summed E-state index contributed by atoms with van der Waals surface area (Å²) in [5.74, 6) is -1.67. The summed E-state index contributed by atoms with van der Waals surface area (Å²) in [6.07, 6.45) is 3.17. The van der Waals surface area contributed by atoms with E-state index in [1.54, 1.807) is 39.2 Å². The van der Waals surface area contributed by atoms with E-state index in [-0.39, 0.29) is 17.2 Å². The highest BCUT2D eigenvalue weighted by molar-refractivity contribution is 7.17. The van der Waals surface area contributed by atoms with Gasteiger partial charge in [0.1, 0.15) is 5.82 Å². The summed E-state index contributed by atoms with van der Waals surface area (Å²) in [7, 11) is 1.64. The van der Waals surface area contributed by atoms with Gasteiger partial charge in [-0.2, -0.15) is 0 Å². The second-order valence-electron chi connectivity index (χ2n) is 7.55. The number of ether oxygens (including phenoxy) is 1. The second kappa shape index (κ2) is 7.60. The van der Waals surface area contributed by atoms with Gasteiger partial charge in [-0.1, -0.05) is 0 Å². The molecule has 0 aliphatic carbocycles. The summed E-state index contributed by atoms with van der Waals surface area (Å²) >= 11 is 1.39. The molecule has 0 unspecified atom stereocenters. The van der Waals surface area contributed by atoms with Crippen LogP contribution in [0.3, 0.4) is 0 Å². The maximum atomic E-state index is 14.2. The van der Waals surface area contributed by atoms with E-state index in [1.807, 2.05) is 5.38 Å². The predicted molar refractivity (Wildman–Crippen MR) is 116 cm³/mol. The maximum Gasteiger partial charge on any atom is 0.259 e. The first-order chi connectivity index (χ1) is 14.7. The molecule has 3 heterocycles. The van der Waals surface area contributed by atoms with Gasteiger partial charge in [0.25, 0.3) is 11.1 Å². The number of benzene rings is 1. The van der Waals surface area contributed by atoms with Gasteiger partial charge in [-0.25, -0.2) is 20.3 Å². The van der Waals surface area contributed by atoms with E-state index < -0.39 is 17.2 Å². The van der Waals surface area contributed by atoms with Crippen LogP contribution in [0.4, 0.5) is 8.78 Å². The minimum Gasteiger partial charge on any atom is -0.435 e. The van der Waals surface area contributed by atoms with E-state index in [4.69, 9.17) is 11.3 Å². The van der Waals surface area contributed by atoms with Crippen molar-refractivity contribution in [1.29, 1.82) is 0 Å². The molecule has 0 saturated heterocycles. The van der Waals surface area contributed by atoms with Gasteiger partial charge in [0.2, 0.25) is 5.88 Å². The van der Waals surface area contributed by atoms with E-state index in [1.165, 1.54) is 28.2 Å². The SMILES string of the molecule is [C-]#[N+]C(C)(C)c1cnc(Oc2ccc(F)cc2F)c(-c2cn(C)c(=O)c3ccsc23)c1. The van der Waals surface area contributed by atoms with Crippen molar-refractivity contribution in [2.75, 3.05) is 0 Å². The normalized spacial score (nSPS) is 11.5. The highest BCUT2D eigenvalue weighted by atomic mass is 32.1. The van der Waals surface area contributed by atoms with Gasteiger partial charge in [-0.3, -0.25) is 4.79 Å². The molecule has 0 N–H and O–H groups in total. The topological polar surface area (TPSA) is 48.5 Å². The Morgan fingerprint density at radius 2 is 1.97 bits per heavy atom. The van der Waals surface area contributed by atoms with E-state index in [0.717, 1.165) is 16.8 Å². The molecule has 0 atom stereocenters. The van der Waals surface area contributed by atoms with Crippen LogP contribution in [0.15, 0.2) is 52.9 Å². The molecule has 0 aliphatic heterocycles. The number of nitrogens with zero attached hydrogens (tertiary/aromatic N) is 3. The summed E-state index contributed by atoms with van der Waals surface area (Å²) in [4.78, 5) is 20.5. The molecule has 5 nitrogen and oxygen atoms in total. The molecule has 1 aromatic carbocycles. The Bertz CT molecular complexity index is 1420.